The number of halogens is 1. The van der Waals surface area contributed by atoms with E-state index in [-0.39, 0.29) is 30.3 Å². The molecule has 0 amide bonds. The van der Waals surface area contributed by atoms with Gasteiger partial charge in [0.05, 0.1) is 25.2 Å². The highest BCUT2D eigenvalue weighted by atomic mass is 79.9. The summed E-state index contributed by atoms with van der Waals surface area (Å²) in [6.45, 7) is 1.82. The molecular formula is C30H35BrO12. The smallest absolute Gasteiger partial charge is 0.303 e. The number of ether oxygens (including phenoxy) is 5. The van der Waals surface area contributed by atoms with Crippen LogP contribution in [0.5, 0.6) is 28.7 Å². The van der Waals surface area contributed by atoms with Crippen LogP contribution in [0.25, 0.3) is 0 Å². The van der Waals surface area contributed by atoms with Crippen molar-refractivity contribution in [2.24, 2.45) is 11.8 Å². The molecule has 12 nitrogen and oxygen atoms in total. The van der Waals surface area contributed by atoms with E-state index < -0.39 is 76.9 Å². The first-order chi connectivity index (χ1) is 20.4. The summed E-state index contributed by atoms with van der Waals surface area (Å²) in [5.74, 6) is -5.08. The van der Waals surface area contributed by atoms with E-state index >= 15 is 0 Å². The number of rotatable bonds is 9. The molecule has 8 atom stereocenters. The predicted molar refractivity (Wildman–Crippen MR) is 154 cm³/mol. The lowest BCUT2D eigenvalue weighted by Gasteiger charge is -2.48. The second-order valence-electron chi connectivity index (χ2n) is 10.6. The van der Waals surface area contributed by atoms with Crippen molar-refractivity contribution < 1.29 is 58.5 Å². The summed E-state index contributed by atoms with van der Waals surface area (Å²) in [4.78, 5) is 35.9. The fourth-order valence-corrected chi connectivity index (χ4v) is 7.15. The van der Waals surface area contributed by atoms with Crippen LogP contribution in [0.15, 0.2) is 24.3 Å². The summed E-state index contributed by atoms with van der Waals surface area (Å²) < 4.78 is 27.8. The van der Waals surface area contributed by atoms with Crippen LogP contribution >= 0.6 is 15.9 Å². The number of alkyl halides is 1. The Labute approximate surface area is 256 Å². The Hall–Kier alpha value is -3.55. The molecule has 1 aliphatic heterocycles. The third-order valence-corrected chi connectivity index (χ3v) is 9.02. The van der Waals surface area contributed by atoms with Gasteiger partial charge in [-0.05, 0) is 47.4 Å². The number of aliphatic hydroxyl groups is 1. The van der Waals surface area contributed by atoms with E-state index in [0.29, 0.717) is 16.7 Å². The number of hydrogen-bond acceptors (Lipinski definition) is 12. The van der Waals surface area contributed by atoms with Gasteiger partial charge in [-0.1, -0.05) is 15.9 Å². The number of methoxy groups -OCH3 is 2. The molecule has 0 aromatic heterocycles. The molecule has 0 spiro atoms. The molecule has 234 valence electrons. The Morgan fingerprint density at radius 1 is 1.00 bits per heavy atom. The lowest BCUT2D eigenvalue weighted by Crippen LogP contribution is -2.53. The zero-order valence-corrected chi connectivity index (χ0v) is 25.6. The van der Waals surface area contributed by atoms with E-state index in [9.17, 15) is 34.8 Å². The first kappa shape index (κ1) is 32.4. The lowest BCUT2D eigenvalue weighted by molar-refractivity contribution is -0.184. The standard InChI is InChI=1S/C30H35BrO12/c1-13(34)41-12-26-30(42-14(2)35)20(31)9-23(43-26)28-17-8-22(37)21(36)7-16(17)27(18(10-32)19(28)11-33)15-5-24(39-3)29(38)25(6-15)40-4/h5-8,10,18-20,23,26-28,30,33,36-38H,9,11-12H2,1-4H3. The minimum Gasteiger partial charge on any atom is -0.504 e. The van der Waals surface area contributed by atoms with Crippen LogP contribution in [-0.2, 0) is 28.6 Å². The third kappa shape index (κ3) is 6.38. The second kappa shape index (κ2) is 13.4. The number of aliphatic hydroxyl groups excluding tert-OH is 1. The van der Waals surface area contributed by atoms with Crippen molar-refractivity contribution in [2.45, 2.75) is 55.2 Å². The highest BCUT2D eigenvalue weighted by Crippen LogP contribution is 2.55. The molecule has 4 rings (SSSR count). The maximum atomic E-state index is 12.9. The van der Waals surface area contributed by atoms with Crippen LogP contribution in [0.4, 0.5) is 0 Å². The molecular weight excluding hydrogens is 632 g/mol. The quantitative estimate of drug-likeness (QED) is 0.133. The maximum Gasteiger partial charge on any atom is 0.303 e. The average molecular weight is 668 g/mol. The Morgan fingerprint density at radius 2 is 1.60 bits per heavy atom. The van der Waals surface area contributed by atoms with Crippen molar-refractivity contribution in [3.05, 3.63) is 41.0 Å². The monoisotopic (exact) mass is 666 g/mol. The number of aromatic hydroxyl groups is 3. The molecule has 1 saturated heterocycles. The fourth-order valence-electron chi connectivity index (χ4n) is 6.33. The van der Waals surface area contributed by atoms with Crippen LogP contribution in [0.3, 0.4) is 0 Å². The van der Waals surface area contributed by atoms with E-state index in [1.807, 2.05) is 0 Å². The van der Waals surface area contributed by atoms with Crippen molar-refractivity contribution >= 4 is 34.2 Å². The maximum absolute atomic E-state index is 12.9. The number of fused-ring (bicyclic) bond motifs is 1. The normalized spacial score (nSPS) is 28.3. The average Bonchev–Trinajstić information content (AvgIpc) is 2.96. The zero-order valence-electron chi connectivity index (χ0n) is 24.1. The molecule has 0 bridgehead atoms. The highest BCUT2D eigenvalue weighted by molar-refractivity contribution is 9.09. The van der Waals surface area contributed by atoms with Gasteiger partial charge in [-0.2, -0.15) is 0 Å². The summed E-state index contributed by atoms with van der Waals surface area (Å²) in [5.41, 5.74) is 1.48. The van der Waals surface area contributed by atoms with Crippen LogP contribution in [-0.4, -0.2) is 89.2 Å². The van der Waals surface area contributed by atoms with Crippen LogP contribution in [0.2, 0.25) is 0 Å². The van der Waals surface area contributed by atoms with E-state index in [1.54, 1.807) is 12.1 Å². The zero-order chi connectivity index (χ0) is 31.6. The minimum absolute atomic E-state index is 0.0915. The van der Waals surface area contributed by atoms with Gasteiger partial charge in [0.25, 0.3) is 0 Å². The molecule has 13 heteroatoms. The Bertz CT molecular complexity index is 1340. The number of aldehydes is 1. The number of carbonyl (C=O) groups excluding carboxylic acids is 3. The van der Waals surface area contributed by atoms with Gasteiger partial charge >= 0.3 is 11.9 Å². The fraction of sp³-hybridized carbons (Fsp3) is 0.500. The molecule has 2 aliphatic rings. The van der Waals surface area contributed by atoms with Crippen molar-refractivity contribution in [1.29, 1.82) is 0 Å². The van der Waals surface area contributed by atoms with Gasteiger partial charge in [-0.3, -0.25) is 9.59 Å². The van der Waals surface area contributed by atoms with E-state index in [2.05, 4.69) is 15.9 Å². The molecule has 1 fully saturated rings. The molecule has 0 saturated carbocycles. The summed E-state index contributed by atoms with van der Waals surface area (Å²) in [6.07, 6.45) is -1.42. The molecule has 0 radical (unpaired) electrons. The van der Waals surface area contributed by atoms with E-state index in [1.165, 1.54) is 40.2 Å². The number of phenols is 3. The summed E-state index contributed by atoms with van der Waals surface area (Å²) >= 11 is 3.59. The number of phenolic OH excluding ortho intramolecular Hbond substituents is 3. The number of benzene rings is 2. The van der Waals surface area contributed by atoms with Crippen LogP contribution < -0.4 is 9.47 Å². The topological polar surface area (TPSA) is 178 Å². The van der Waals surface area contributed by atoms with Crippen molar-refractivity contribution in [1.82, 2.24) is 0 Å². The van der Waals surface area contributed by atoms with Gasteiger partial charge in [0, 0.05) is 44.1 Å². The summed E-state index contributed by atoms with van der Waals surface area (Å²) in [6, 6.07) is 5.84. The summed E-state index contributed by atoms with van der Waals surface area (Å²) in [7, 11) is 2.74. The van der Waals surface area contributed by atoms with Gasteiger partial charge < -0.3 is 48.9 Å². The van der Waals surface area contributed by atoms with Crippen molar-refractivity contribution in [2.75, 3.05) is 27.4 Å². The largest absolute Gasteiger partial charge is 0.504 e. The molecule has 1 heterocycles. The lowest BCUT2D eigenvalue weighted by atomic mass is 9.60. The molecule has 4 N–H and O–H groups in total. The Balaban J connectivity index is 1.88. The molecule has 2 aromatic rings. The van der Waals surface area contributed by atoms with Gasteiger partial charge in [0.2, 0.25) is 5.75 Å². The molecule has 8 unspecified atom stereocenters. The first-order valence-corrected chi connectivity index (χ1v) is 14.5. The number of carbonyl (C=O) groups is 3. The van der Waals surface area contributed by atoms with E-state index in [4.69, 9.17) is 23.7 Å². The van der Waals surface area contributed by atoms with E-state index in [0.717, 1.165) is 6.29 Å². The van der Waals surface area contributed by atoms with Gasteiger partial charge in [0.1, 0.15) is 25.1 Å². The first-order valence-electron chi connectivity index (χ1n) is 13.6. The highest BCUT2D eigenvalue weighted by Gasteiger charge is 2.51. The van der Waals surface area contributed by atoms with Gasteiger partial charge in [-0.25, -0.2) is 0 Å². The predicted octanol–water partition coefficient (Wildman–Crippen LogP) is 2.89. The molecule has 2 aromatic carbocycles. The SMILES string of the molecule is COc1cc(C2c3cc(O)c(O)cc3C(C3CC(Br)C(OC(C)=O)C(COC(C)=O)O3)C(CO)C2C=O)cc(OC)c1O. The van der Waals surface area contributed by atoms with Crippen LogP contribution in [0.1, 0.15) is 48.8 Å². The minimum atomic E-state index is -0.887. The van der Waals surface area contributed by atoms with Gasteiger partial charge in [-0.15, -0.1) is 0 Å². The Morgan fingerprint density at radius 3 is 2.12 bits per heavy atom. The second-order valence-corrected chi connectivity index (χ2v) is 11.8. The number of esters is 2. The Kier molecular flexibility index (Phi) is 10.1. The van der Waals surface area contributed by atoms with Crippen molar-refractivity contribution in [3.8, 4) is 28.7 Å². The number of hydrogen-bond donors (Lipinski definition) is 4. The van der Waals surface area contributed by atoms with Crippen molar-refractivity contribution in [3.63, 3.8) is 0 Å². The third-order valence-electron chi connectivity index (χ3n) is 8.13. The molecule has 43 heavy (non-hydrogen) atoms. The molecule has 1 aliphatic carbocycles. The van der Waals surface area contributed by atoms with Gasteiger partial charge in [0.15, 0.2) is 23.0 Å². The summed E-state index contributed by atoms with van der Waals surface area (Å²) in [5, 5.41) is 42.5. The van der Waals surface area contributed by atoms with Crippen LogP contribution in [0, 0.1) is 11.8 Å².